The maximum Gasteiger partial charge on any atom is 0.105 e. The van der Waals surface area contributed by atoms with Crippen LogP contribution < -0.4 is 5.32 Å². The summed E-state index contributed by atoms with van der Waals surface area (Å²) in [5.41, 5.74) is -0.395. The highest BCUT2D eigenvalue weighted by Gasteiger charge is 2.30. The van der Waals surface area contributed by atoms with Crippen molar-refractivity contribution in [3.05, 3.63) is 0 Å². The molecule has 0 aromatic carbocycles. The van der Waals surface area contributed by atoms with Gasteiger partial charge in [0.1, 0.15) is 5.54 Å². The summed E-state index contributed by atoms with van der Waals surface area (Å²) in [6.07, 6.45) is 4.45. The van der Waals surface area contributed by atoms with Crippen molar-refractivity contribution in [1.29, 1.82) is 5.26 Å². The Morgan fingerprint density at radius 3 is 2.45 bits per heavy atom. The predicted octanol–water partition coefficient (Wildman–Crippen LogP) is 2.07. The van der Waals surface area contributed by atoms with E-state index in [1.165, 1.54) is 12.8 Å². The number of nitrogens with zero attached hydrogens (tertiary/aromatic N) is 3. The van der Waals surface area contributed by atoms with E-state index in [1.807, 2.05) is 6.92 Å². The topological polar surface area (TPSA) is 42.3 Å². The molecule has 1 aliphatic rings. The second-order valence-electron chi connectivity index (χ2n) is 6.65. The minimum Gasteiger partial charge on any atom is -0.306 e. The number of rotatable bonds is 7. The van der Waals surface area contributed by atoms with Crippen LogP contribution in [0.25, 0.3) is 0 Å². The van der Waals surface area contributed by atoms with Crippen LogP contribution in [0.2, 0.25) is 0 Å². The van der Waals surface area contributed by atoms with Gasteiger partial charge in [0.25, 0.3) is 0 Å². The standard InChI is InChI=1S/C16H32N4/c1-6-9-18-16(3,13-17)12-14(2)20-10-7-15(8-11-20)19(4)5/h14-15,18H,6-12H2,1-5H3. The van der Waals surface area contributed by atoms with E-state index in [0.29, 0.717) is 6.04 Å². The van der Waals surface area contributed by atoms with Gasteiger partial charge in [-0.3, -0.25) is 5.32 Å². The highest BCUT2D eigenvalue weighted by molar-refractivity contribution is 5.05. The van der Waals surface area contributed by atoms with Gasteiger partial charge in [-0.15, -0.1) is 0 Å². The summed E-state index contributed by atoms with van der Waals surface area (Å²) in [6, 6.07) is 3.65. The summed E-state index contributed by atoms with van der Waals surface area (Å²) in [7, 11) is 4.34. The quantitative estimate of drug-likeness (QED) is 0.775. The van der Waals surface area contributed by atoms with E-state index >= 15 is 0 Å². The summed E-state index contributed by atoms with van der Waals surface area (Å²) < 4.78 is 0. The monoisotopic (exact) mass is 280 g/mol. The molecule has 0 saturated carbocycles. The Balaban J connectivity index is 2.46. The molecule has 2 unspecified atom stereocenters. The highest BCUT2D eigenvalue weighted by atomic mass is 15.2. The minimum absolute atomic E-state index is 0.395. The second kappa shape index (κ2) is 7.97. The first-order valence-electron chi connectivity index (χ1n) is 7.98. The largest absolute Gasteiger partial charge is 0.306 e. The molecule has 0 spiro atoms. The van der Waals surface area contributed by atoms with E-state index in [-0.39, 0.29) is 0 Å². The minimum atomic E-state index is -0.395. The summed E-state index contributed by atoms with van der Waals surface area (Å²) in [5, 5.41) is 12.8. The van der Waals surface area contributed by atoms with Gasteiger partial charge in [0, 0.05) is 12.1 Å². The fraction of sp³-hybridized carbons (Fsp3) is 0.938. The van der Waals surface area contributed by atoms with Gasteiger partial charge in [-0.1, -0.05) is 6.92 Å². The van der Waals surface area contributed by atoms with E-state index in [2.05, 4.69) is 49.1 Å². The molecule has 1 N–H and O–H groups in total. The molecule has 4 nitrogen and oxygen atoms in total. The van der Waals surface area contributed by atoms with Crippen molar-refractivity contribution in [3.8, 4) is 6.07 Å². The molecule has 0 aromatic heterocycles. The van der Waals surface area contributed by atoms with Crippen LogP contribution in [0.4, 0.5) is 0 Å². The molecule has 4 heteroatoms. The Kier molecular flexibility index (Phi) is 6.94. The molecule has 1 fully saturated rings. The van der Waals surface area contributed by atoms with Crippen LogP contribution in [-0.4, -0.2) is 61.2 Å². The zero-order valence-corrected chi connectivity index (χ0v) is 13.9. The van der Waals surface area contributed by atoms with Crippen molar-refractivity contribution in [3.63, 3.8) is 0 Å². The molecule has 20 heavy (non-hydrogen) atoms. The van der Waals surface area contributed by atoms with Crippen molar-refractivity contribution in [1.82, 2.24) is 15.1 Å². The summed E-state index contributed by atoms with van der Waals surface area (Å²) >= 11 is 0. The van der Waals surface area contributed by atoms with E-state index in [0.717, 1.165) is 38.5 Å². The van der Waals surface area contributed by atoms with Crippen molar-refractivity contribution >= 4 is 0 Å². The fourth-order valence-electron chi connectivity index (χ4n) is 3.12. The molecule has 1 rings (SSSR count). The Morgan fingerprint density at radius 1 is 1.40 bits per heavy atom. The van der Waals surface area contributed by atoms with Gasteiger partial charge in [0.2, 0.25) is 0 Å². The van der Waals surface area contributed by atoms with Crippen LogP contribution in [0, 0.1) is 11.3 Å². The van der Waals surface area contributed by atoms with Crippen LogP contribution >= 0.6 is 0 Å². The Labute approximate surface area is 125 Å². The molecule has 0 radical (unpaired) electrons. The lowest BCUT2D eigenvalue weighted by Crippen LogP contribution is -2.50. The third-order valence-electron chi connectivity index (χ3n) is 4.57. The van der Waals surface area contributed by atoms with Crippen molar-refractivity contribution in [2.45, 2.75) is 64.1 Å². The third-order valence-corrected chi connectivity index (χ3v) is 4.57. The number of nitrogens with one attached hydrogen (secondary N) is 1. The molecule has 0 bridgehead atoms. The van der Waals surface area contributed by atoms with Crippen LogP contribution in [-0.2, 0) is 0 Å². The Morgan fingerprint density at radius 2 is 2.00 bits per heavy atom. The smallest absolute Gasteiger partial charge is 0.105 e. The highest BCUT2D eigenvalue weighted by Crippen LogP contribution is 2.21. The number of hydrogen-bond acceptors (Lipinski definition) is 4. The molecule has 0 amide bonds. The molecular formula is C16H32N4. The lowest BCUT2D eigenvalue weighted by molar-refractivity contribution is 0.102. The molecule has 1 aliphatic heterocycles. The first-order valence-corrected chi connectivity index (χ1v) is 7.98. The lowest BCUT2D eigenvalue weighted by atomic mass is 9.92. The van der Waals surface area contributed by atoms with Gasteiger partial charge >= 0.3 is 0 Å². The van der Waals surface area contributed by atoms with Crippen LogP contribution in [0.15, 0.2) is 0 Å². The molecule has 116 valence electrons. The average Bonchev–Trinajstić information content (AvgIpc) is 2.45. The molecule has 0 aliphatic carbocycles. The third kappa shape index (κ3) is 5.05. The fourth-order valence-corrected chi connectivity index (χ4v) is 3.12. The van der Waals surface area contributed by atoms with Gasteiger partial charge < -0.3 is 9.80 Å². The van der Waals surface area contributed by atoms with Crippen molar-refractivity contribution < 1.29 is 0 Å². The van der Waals surface area contributed by atoms with Crippen LogP contribution in [0.1, 0.15) is 46.5 Å². The number of nitriles is 1. The van der Waals surface area contributed by atoms with Gasteiger partial charge in [0.15, 0.2) is 0 Å². The van der Waals surface area contributed by atoms with Gasteiger partial charge in [-0.2, -0.15) is 5.26 Å². The first-order chi connectivity index (χ1) is 9.41. The Bertz CT molecular complexity index is 315. The molecule has 0 aromatic rings. The average molecular weight is 280 g/mol. The van der Waals surface area contributed by atoms with Gasteiger partial charge in [-0.25, -0.2) is 0 Å². The van der Waals surface area contributed by atoms with E-state index < -0.39 is 5.54 Å². The van der Waals surface area contributed by atoms with Gasteiger partial charge in [0.05, 0.1) is 6.07 Å². The number of hydrogen-bond donors (Lipinski definition) is 1. The van der Waals surface area contributed by atoms with Crippen molar-refractivity contribution in [2.24, 2.45) is 0 Å². The number of likely N-dealkylation sites (tertiary alicyclic amines) is 1. The zero-order chi connectivity index (χ0) is 15.2. The second-order valence-corrected chi connectivity index (χ2v) is 6.65. The normalized spacial score (nSPS) is 22.4. The summed E-state index contributed by atoms with van der Waals surface area (Å²) in [4.78, 5) is 4.88. The summed E-state index contributed by atoms with van der Waals surface area (Å²) in [6.45, 7) is 9.66. The predicted molar refractivity (Wildman–Crippen MR) is 84.7 cm³/mol. The van der Waals surface area contributed by atoms with E-state index in [1.54, 1.807) is 0 Å². The maximum atomic E-state index is 9.44. The molecule has 1 saturated heterocycles. The van der Waals surface area contributed by atoms with Crippen LogP contribution in [0.5, 0.6) is 0 Å². The van der Waals surface area contributed by atoms with Gasteiger partial charge in [-0.05, 0) is 73.3 Å². The van der Waals surface area contributed by atoms with Crippen LogP contribution in [0.3, 0.4) is 0 Å². The maximum absolute atomic E-state index is 9.44. The number of piperidine rings is 1. The zero-order valence-electron chi connectivity index (χ0n) is 13.9. The van der Waals surface area contributed by atoms with E-state index in [4.69, 9.17) is 0 Å². The van der Waals surface area contributed by atoms with E-state index in [9.17, 15) is 5.26 Å². The van der Waals surface area contributed by atoms with Crippen molar-refractivity contribution in [2.75, 3.05) is 33.7 Å². The SMILES string of the molecule is CCCNC(C)(C#N)CC(C)N1CCC(N(C)C)CC1. The molecule has 2 atom stereocenters. The Hall–Kier alpha value is -0.630. The summed E-state index contributed by atoms with van der Waals surface area (Å²) in [5.74, 6) is 0. The molecular weight excluding hydrogens is 248 g/mol. The molecule has 1 heterocycles. The first kappa shape index (κ1) is 17.4. The lowest BCUT2D eigenvalue weighted by Gasteiger charge is -2.40.